The second-order valence-corrected chi connectivity index (χ2v) is 4.00. The van der Waals surface area contributed by atoms with E-state index in [1.54, 1.807) is 6.26 Å². The zero-order valence-electron chi connectivity index (χ0n) is 9.86. The molecular weight excluding hydrogens is 206 g/mol. The summed E-state index contributed by atoms with van der Waals surface area (Å²) in [5, 5.41) is 8.59. The Morgan fingerprint density at radius 2 is 2.31 bits per heavy atom. The van der Waals surface area contributed by atoms with Crippen molar-refractivity contribution in [2.75, 3.05) is 13.6 Å². The Labute approximate surface area is 95.2 Å². The molecule has 0 saturated heterocycles. The highest BCUT2D eigenvalue weighted by atomic mass is 16.4. The van der Waals surface area contributed by atoms with Gasteiger partial charge in [-0.3, -0.25) is 4.90 Å². The molecule has 0 spiro atoms. The van der Waals surface area contributed by atoms with Gasteiger partial charge in [-0.25, -0.2) is 4.79 Å². The molecule has 0 aliphatic rings. The van der Waals surface area contributed by atoms with Crippen molar-refractivity contribution in [3.05, 3.63) is 35.3 Å². The Morgan fingerprint density at radius 1 is 1.62 bits per heavy atom. The number of furan rings is 1. The summed E-state index contributed by atoms with van der Waals surface area (Å²) in [5.74, 6) is 0.0112. The summed E-state index contributed by atoms with van der Waals surface area (Å²) in [6, 6.07) is 1.93. The Bertz CT molecular complexity index is 393. The number of nitrogens with zero attached hydrogens (tertiary/aromatic N) is 1. The topological polar surface area (TPSA) is 53.7 Å². The van der Waals surface area contributed by atoms with Crippen molar-refractivity contribution in [1.82, 2.24) is 4.90 Å². The van der Waals surface area contributed by atoms with E-state index in [0.29, 0.717) is 6.54 Å². The normalized spacial score (nSPS) is 12.1. The molecular formula is C12H17NO3. The molecule has 1 aromatic rings. The van der Waals surface area contributed by atoms with Crippen LogP contribution in [-0.2, 0) is 11.3 Å². The average molecular weight is 223 g/mol. The van der Waals surface area contributed by atoms with E-state index >= 15 is 0 Å². The van der Waals surface area contributed by atoms with Crippen LogP contribution in [0.1, 0.15) is 18.2 Å². The number of hydrogen-bond donors (Lipinski definition) is 1. The second-order valence-electron chi connectivity index (χ2n) is 4.00. The fourth-order valence-electron chi connectivity index (χ4n) is 1.60. The lowest BCUT2D eigenvalue weighted by molar-refractivity contribution is -0.131. The zero-order valence-corrected chi connectivity index (χ0v) is 9.86. The van der Waals surface area contributed by atoms with E-state index in [4.69, 9.17) is 9.52 Å². The maximum atomic E-state index is 10.5. The molecule has 0 atom stereocenters. The van der Waals surface area contributed by atoms with Crippen molar-refractivity contribution >= 4 is 5.97 Å². The maximum Gasteiger partial charge on any atom is 0.328 e. The first-order valence-corrected chi connectivity index (χ1v) is 5.10. The quantitative estimate of drug-likeness (QED) is 0.776. The molecule has 0 saturated carbocycles. The van der Waals surface area contributed by atoms with Crippen LogP contribution >= 0.6 is 0 Å². The monoisotopic (exact) mass is 223 g/mol. The summed E-state index contributed by atoms with van der Waals surface area (Å²) < 4.78 is 5.20. The second kappa shape index (κ2) is 5.51. The summed E-state index contributed by atoms with van der Waals surface area (Å²) in [5.41, 5.74) is 1.96. The molecule has 1 N–H and O–H groups in total. The third kappa shape index (κ3) is 3.90. The molecule has 16 heavy (non-hydrogen) atoms. The van der Waals surface area contributed by atoms with Gasteiger partial charge < -0.3 is 9.52 Å². The van der Waals surface area contributed by atoms with Crippen LogP contribution in [0.5, 0.6) is 0 Å². The molecule has 0 fully saturated rings. The predicted octanol–water partition coefficient (Wildman–Crippen LogP) is 2.05. The molecule has 0 aliphatic heterocycles. The smallest absolute Gasteiger partial charge is 0.328 e. The largest absolute Gasteiger partial charge is 0.478 e. The Kier molecular flexibility index (Phi) is 4.31. The molecule has 0 aliphatic carbocycles. The van der Waals surface area contributed by atoms with E-state index in [2.05, 4.69) is 0 Å². The van der Waals surface area contributed by atoms with Crippen LogP contribution in [0, 0.1) is 6.92 Å². The van der Waals surface area contributed by atoms with E-state index in [-0.39, 0.29) is 0 Å². The van der Waals surface area contributed by atoms with Gasteiger partial charge in [-0.1, -0.05) is 5.57 Å². The van der Waals surface area contributed by atoms with E-state index in [1.165, 1.54) is 6.08 Å². The number of carboxylic acids is 1. The minimum atomic E-state index is -0.898. The van der Waals surface area contributed by atoms with E-state index < -0.39 is 5.97 Å². The lowest BCUT2D eigenvalue weighted by Gasteiger charge is -2.16. The highest BCUT2D eigenvalue weighted by molar-refractivity contribution is 5.80. The number of hydrogen-bond acceptors (Lipinski definition) is 3. The fourth-order valence-corrected chi connectivity index (χ4v) is 1.60. The average Bonchev–Trinajstić information content (AvgIpc) is 2.49. The van der Waals surface area contributed by atoms with Gasteiger partial charge in [-0.2, -0.15) is 0 Å². The highest BCUT2D eigenvalue weighted by Crippen LogP contribution is 2.11. The lowest BCUT2D eigenvalue weighted by Crippen LogP contribution is -2.20. The van der Waals surface area contributed by atoms with E-state index in [1.807, 2.05) is 31.9 Å². The summed E-state index contributed by atoms with van der Waals surface area (Å²) in [7, 11) is 1.95. The fraction of sp³-hybridized carbons (Fsp3) is 0.417. The lowest BCUT2D eigenvalue weighted by atomic mass is 10.2. The first kappa shape index (κ1) is 12.5. The van der Waals surface area contributed by atoms with Crippen molar-refractivity contribution in [1.29, 1.82) is 0 Å². The van der Waals surface area contributed by atoms with Crippen LogP contribution < -0.4 is 0 Å². The van der Waals surface area contributed by atoms with Gasteiger partial charge >= 0.3 is 5.97 Å². The van der Waals surface area contributed by atoms with Crippen molar-refractivity contribution in [3.8, 4) is 0 Å². The maximum absolute atomic E-state index is 10.5. The Morgan fingerprint density at radius 3 is 2.81 bits per heavy atom. The van der Waals surface area contributed by atoms with Gasteiger partial charge in [0.15, 0.2) is 0 Å². The number of carboxylic acid groups (broad SMARTS) is 1. The number of likely N-dealkylation sites (N-methyl/N-ethyl adjacent to an activating group) is 1. The molecule has 4 heteroatoms. The van der Waals surface area contributed by atoms with Gasteiger partial charge in [0.05, 0.1) is 6.26 Å². The molecule has 0 bridgehead atoms. The first-order chi connectivity index (χ1) is 7.49. The number of carbonyl (C=O) groups is 1. The summed E-state index contributed by atoms with van der Waals surface area (Å²) in [4.78, 5) is 12.5. The van der Waals surface area contributed by atoms with Crippen molar-refractivity contribution in [2.45, 2.75) is 20.4 Å². The molecule has 0 amide bonds. The zero-order chi connectivity index (χ0) is 12.1. The van der Waals surface area contributed by atoms with Crippen LogP contribution in [0.3, 0.4) is 0 Å². The SMILES string of the molecule is CC(=CC(=O)O)CN(C)Cc1ccoc1C. The Balaban J connectivity index is 2.51. The van der Waals surface area contributed by atoms with Crippen LogP contribution in [0.2, 0.25) is 0 Å². The number of aliphatic carboxylic acids is 1. The molecule has 1 aromatic heterocycles. The summed E-state index contributed by atoms with van der Waals surface area (Å²) >= 11 is 0. The number of aryl methyl sites for hydroxylation is 1. The minimum Gasteiger partial charge on any atom is -0.478 e. The molecule has 0 unspecified atom stereocenters. The van der Waals surface area contributed by atoms with E-state index in [9.17, 15) is 4.79 Å². The molecule has 0 radical (unpaired) electrons. The van der Waals surface area contributed by atoms with Crippen molar-refractivity contribution in [2.24, 2.45) is 0 Å². The molecule has 88 valence electrons. The van der Waals surface area contributed by atoms with Gasteiger partial charge in [0.25, 0.3) is 0 Å². The van der Waals surface area contributed by atoms with Crippen LogP contribution in [0.4, 0.5) is 0 Å². The molecule has 0 aromatic carbocycles. The molecule has 1 rings (SSSR count). The van der Waals surface area contributed by atoms with Gasteiger partial charge in [0.2, 0.25) is 0 Å². The number of rotatable bonds is 5. The van der Waals surface area contributed by atoms with Crippen molar-refractivity contribution < 1.29 is 14.3 Å². The predicted molar refractivity (Wildman–Crippen MR) is 61.2 cm³/mol. The van der Waals surface area contributed by atoms with Gasteiger partial charge in [0.1, 0.15) is 5.76 Å². The third-order valence-corrected chi connectivity index (χ3v) is 2.30. The van der Waals surface area contributed by atoms with Crippen LogP contribution in [0.25, 0.3) is 0 Å². The minimum absolute atomic E-state index is 0.636. The van der Waals surface area contributed by atoms with E-state index in [0.717, 1.165) is 23.4 Å². The van der Waals surface area contributed by atoms with Crippen LogP contribution in [0.15, 0.2) is 28.4 Å². The van der Waals surface area contributed by atoms with Gasteiger partial charge in [0, 0.05) is 24.7 Å². The molecule has 4 nitrogen and oxygen atoms in total. The van der Waals surface area contributed by atoms with Crippen LogP contribution in [-0.4, -0.2) is 29.6 Å². The first-order valence-electron chi connectivity index (χ1n) is 5.10. The standard InChI is InChI=1S/C12H17NO3/c1-9(6-12(14)15)7-13(3)8-11-4-5-16-10(11)2/h4-6H,7-8H2,1-3H3,(H,14,15). The highest BCUT2D eigenvalue weighted by Gasteiger charge is 2.06. The third-order valence-electron chi connectivity index (χ3n) is 2.30. The summed E-state index contributed by atoms with van der Waals surface area (Å²) in [6.07, 6.45) is 2.90. The molecule has 1 heterocycles. The van der Waals surface area contributed by atoms with Gasteiger partial charge in [-0.05, 0) is 27.0 Å². The van der Waals surface area contributed by atoms with Crippen molar-refractivity contribution in [3.63, 3.8) is 0 Å². The summed E-state index contributed by atoms with van der Waals surface area (Å²) in [6.45, 7) is 5.13. The van der Waals surface area contributed by atoms with Gasteiger partial charge in [-0.15, -0.1) is 0 Å². The Hall–Kier alpha value is -1.55.